The normalized spacial score (nSPS) is 11.7. The van der Waals surface area contributed by atoms with Crippen molar-refractivity contribution in [3.05, 3.63) is 27.3 Å². The van der Waals surface area contributed by atoms with Crippen LogP contribution in [0, 0.1) is 10.5 Å². The third-order valence-electron chi connectivity index (χ3n) is 2.19. The molecule has 1 aromatic carbocycles. The Labute approximate surface area is 113 Å². The highest BCUT2D eigenvalue weighted by atomic mass is 127. The molecule has 0 saturated heterocycles. The van der Waals surface area contributed by atoms with Crippen LogP contribution in [0.2, 0.25) is 0 Å². The molecule has 1 unspecified atom stereocenters. The molecule has 1 rings (SSSR count). The van der Waals surface area contributed by atoms with Crippen molar-refractivity contribution in [3.8, 4) is 0 Å². The van der Waals surface area contributed by atoms with Crippen molar-refractivity contribution in [3.63, 3.8) is 0 Å². The topological polar surface area (TPSA) is 84.2 Å². The Morgan fingerprint density at radius 2 is 2.06 bits per heavy atom. The predicted molar refractivity (Wildman–Crippen MR) is 74.7 cm³/mol. The Morgan fingerprint density at radius 1 is 1.41 bits per heavy atom. The number of imide groups is 1. The van der Waals surface area contributed by atoms with E-state index in [4.69, 9.17) is 5.73 Å². The van der Waals surface area contributed by atoms with Gasteiger partial charge in [0.05, 0.1) is 0 Å². The molecule has 4 N–H and O–H groups in total. The van der Waals surface area contributed by atoms with Crippen LogP contribution in [0.5, 0.6) is 0 Å². The molecule has 1 atom stereocenters. The maximum atomic E-state index is 11.4. The number of anilines is 1. The fourth-order valence-electron chi connectivity index (χ4n) is 1.23. The highest BCUT2D eigenvalue weighted by molar-refractivity contribution is 14.1. The second-order valence-electron chi connectivity index (χ2n) is 3.68. The van der Waals surface area contributed by atoms with E-state index in [9.17, 15) is 9.59 Å². The Morgan fingerprint density at radius 3 is 2.59 bits per heavy atom. The summed E-state index contributed by atoms with van der Waals surface area (Å²) in [6.45, 7) is 3.67. The molecule has 0 aliphatic rings. The lowest BCUT2D eigenvalue weighted by Crippen LogP contribution is -2.43. The van der Waals surface area contributed by atoms with Crippen LogP contribution in [0.25, 0.3) is 0 Å². The van der Waals surface area contributed by atoms with Gasteiger partial charge in [-0.15, -0.1) is 0 Å². The van der Waals surface area contributed by atoms with Crippen LogP contribution in [0.1, 0.15) is 12.5 Å². The minimum absolute atomic E-state index is 0.451. The first-order valence-corrected chi connectivity index (χ1v) is 6.11. The molecule has 17 heavy (non-hydrogen) atoms. The Kier molecular flexibility index (Phi) is 4.73. The number of halogens is 1. The zero-order chi connectivity index (χ0) is 13.0. The number of nitrogens with two attached hydrogens (primary N) is 1. The van der Waals surface area contributed by atoms with E-state index in [0.29, 0.717) is 0 Å². The molecule has 6 heteroatoms. The van der Waals surface area contributed by atoms with E-state index in [1.165, 1.54) is 5.56 Å². The standard InChI is InChI=1S/C11H14IN3O2/c1-6-3-4-8(5-9(6)12)14-7(2)10(16)15-11(13)17/h3-5,7,14H,1-2H3,(H3,13,15,16,17). The number of amides is 3. The number of urea groups is 1. The second kappa shape index (κ2) is 5.85. The molecule has 0 radical (unpaired) electrons. The van der Waals surface area contributed by atoms with Gasteiger partial charge in [0, 0.05) is 9.26 Å². The van der Waals surface area contributed by atoms with Gasteiger partial charge in [0.25, 0.3) is 0 Å². The molecular formula is C11H14IN3O2. The summed E-state index contributed by atoms with van der Waals surface area (Å²) in [4.78, 5) is 22.0. The van der Waals surface area contributed by atoms with Gasteiger partial charge >= 0.3 is 6.03 Å². The monoisotopic (exact) mass is 347 g/mol. The first-order valence-electron chi connectivity index (χ1n) is 5.03. The number of nitrogens with one attached hydrogen (secondary N) is 2. The summed E-state index contributed by atoms with van der Waals surface area (Å²) in [6, 6.07) is 4.40. The summed E-state index contributed by atoms with van der Waals surface area (Å²) in [5, 5.41) is 5.01. The zero-order valence-corrected chi connectivity index (χ0v) is 11.7. The van der Waals surface area contributed by atoms with E-state index < -0.39 is 18.0 Å². The first kappa shape index (κ1) is 13.8. The summed E-state index contributed by atoms with van der Waals surface area (Å²) in [5.41, 5.74) is 6.87. The van der Waals surface area contributed by atoms with Crippen molar-refractivity contribution in [2.24, 2.45) is 5.73 Å². The number of rotatable bonds is 3. The average Bonchev–Trinajstić information content (AvgIpc) is 2.22. The maximum Gasteiger partial charge on any atom is 0.318 e. The Bertz CT molecular complexity index is 448. The van der Waals surface area contributed by atoms with Gasteiger partial charge in [-0.05, 0) is 54.1 Å². The lowest BCUT2D eigenvalue weighted by Gasteiger charge is -2.14. The molecule has 0 bridgehead atoms. The number of carbonyl (C=O) groups is 2. The SMILES string of the molecule is Cc1ccc(NC(C)C(=O)NC(N)=O)cc1I. The van der Waals surface area contributed by atoms with Gasteiger partial charge in [-0.3, -0.25) is 10.1 Å². The molecular weight excluding hydrogens is 333 g/mol. The third-order valence-corrected chi connectivity index (χ3v) is 3.36. The van der Waals surface area contributed by atoms with Gasteiger partial charge in [0.2, 0.25) is 5.91 Å². The number of benzene rings is 1. The van der Waals surface area contributed by atoms with Gasteiger partial charge in [0.15, 0.2) is 0 Å². The van der Waals surface area contributed by atoms with E-state index >= 15 is 0 Å². The molecule has 0 aromatic heterocycles. The number of hydrogen-bond donors (Lipinski definition) is 3. The van der Waals surface area contributed by atoms with Gasteiger partial charge in [-0.25, -0.2) is 4.79 Å². The molecule has 0 heterocycles. The first-order chi connectivity index (χ1) is 7.90. The quantitative estimate of drug-likeness (QED) is 0.726. The van der Waals surface area contributed by atoms with Crippen LogP contribution in [-0.4, -0.2) is 18.0 Å². The van der Waals surface area contributed by atoms with Gasteiger partial charge in [-0.2, -0.15) is 0 Å². The number of aryl methyl sites for hydroxylation is 1. The molecule has 0 fully saturated rings. The minimum atomic E-state index is -0.845. The Hall–Kier alpha value is -1.31. The van der Waals surface area contributed by atoms with E-state index in [0.717, 1.165) is 9.26 Å². The number of carbonyl (C=O) groups excluding carboxylic acids is 2. The lowest BCUT2D eigenvalue weighted by molar-refractivity contribution is -0.120. The fraction of sp³-hybridized carbons (Fsp3) is 0.273. The van der Waals surface area contributed by atoms with Crippen LogP contribution in [0.15, 0.2) is 18.2 Å². The van der Waals surface area contributed by atoms with Gasteiger partial charge in [0.1, 0.15) is 6.04 Å². The van der Waals surface area contributed by atoms with E-state index in [-0.39, 0.29) is 0 Å². The van der Waals surface area contributed by atoms with Crippen molar-refractivity contribution >= 4 is 40.2 Å². The van der Waals surface area contributed by atoms with E-state index in [1.807, 2.05) is 30.4 Å². The van der Waals surface area contributed by atoms with Crippen LogP contribution in [0.4, 0.5) is 10.5 Å². The van der Waals surface area contributed by atoms with Gasteiger partial charge < -0.3 is 11.1 Å². The third kappa shape index (κ3) is 4.22. The van der Waals surface area contributed by atoms with Crippen molar-refractivity contribution < 1.29 is 9.59 Å². The van der Waals surface area contributed by atoms with Crippen LogP contribution < -0.4 is 16.4 Å². The summed E-state index contributed by atoms with van der Waals surface area (Å²) in [6.07, 6.45) is 0. The summed E-state index contributed by atoms with van der Waals surface area (Å²) < 4.78 is 1.11. The maximum absolute atomic E-state index is 11.4. The zero-order valence-electron chi connectivity index (χ0n) is 9.58. The second-order valence-corrected chi connectivity index (χ2v) is 4.85. The predicted octanol–water partition coefficient (Wildman–Crippen LogP) is 1.59. The summed E-state index contributed by atoms with van der Waals surface area (Å²) in [5.74, 6) is -0.451. The van der Waals surface area contributed by atoms with Crippen molar-refractivity contribution in [1.29, 1.82) is 0 Å². The average molecular weight is 347 g/mol. The highest BCUT2D eigenvalue weighted by Gasteiger charge is 2.14. The van der Waals surface area contributed by atoms with Crippen LogP contribution >= 0.6 is 22.6 Å². The van der Waals surface area contributed by atoms with Crippen LogP contribution in [-0.2, 0) is 4.79 Å². The molecule has 1 aromatic rings. The van der Waals surface area contributed by atoms with E-state index in [1.54, 1.807) is 6.92 Å². The largest absolute Gasteiger partial charge is 0.374 e. The number of hydrogen-bond acceptors (Lipinski definition) is 3. The molecule has 0 aliphatic carbocycles. The lowest BCUT2D eigenvalue weighted by atomic mass is 10.2. The van der Waals surface area contributed by atoms with Crippen molar-refractivity contribution in [2.75, 3.05) is 5.32 Å². The molecule has 0 spiro atoms. The van der Waals surface area contributed by atoms with E-state index in [2.05, 4.69) is 27.9 Å². The molecule has 3 amide bonds. The van der Waals surface area contributed by atoms with Crippen molar-refractivity contribution in [1.82, 2.24) is 5.32 Å². The van der Waals surface area contributed by atoms with Crippen LogP contribution in [0.3, 0.4) is 0 Å². The molecule has 0 aliphatic heterocycles. The number of primary amides is 1. The molecule has 0 saturated carbocycles. The molecule has 92 valence electrons. The fourth-order valence-corrected chi connectivity index (χ4v) is 1.74. The smallest absolute Gasteiger partial charge is 0.318 e. The highest BCUT2D eigenvalue weighted by Crippen LogP contribution is 2.17. The summed E-state index contributed by atoms with van der Waals surface area (Å²) in [7, 11) is 0. The minimum Gasteiger partial charge on any atom is -0.374 e. The van der Waals surface area contributed by atoms with Gasteiger partial charge in [-0.1, -0.05) is 6.07 Å². The Balaban J connectivity index is 2.67. The summed E-state index contributed by atoms with van der Waals surface area (Å²) >= 11 is 2.22. The van der Waals surface area contributed by atoms with Crippen molar-refractivity contribution in [2.45, 2.75) is 19.9 Å². The molecule has 5 nitrogen and oxygen atoms in total.